The minimum Gasteiger partial charge on any atom is -0.497 e. The summed E-state index contributed by atoms with van der Waals surface area (Å²) in [6.07, 6.45) is 0.908. The molecule has 0 atom stereocenters. The molecule has 4 aromatic carbocycles. The summed E-state index contributed by atoms with van der Waals surface area (Å²) in [5.41, 5.74) is 6.91. The van der Waals surface area contributed by atoms with Crippen LogP contribution in [0.25, 0.3) is 21.9 Å². The van der Waals surface area contributed by atoms with Gasteiger partial charge in [0.05, 0.1) is 24.1 Å². The number of benzene rings is 4. The SMILES string of the molecule is COc1ccc2c(c1)c(CCNC(=O)Cc1ccc(Nc3ccc([N+](=O)[O-])c4nonc34)cc1)c(C)n2Cc1ccc(Br)cc1. The van der Waals surface area contributed by atoms with Gasteiger partial charge in [0.15, 0.2) is 5.52 Å². The first-order chi connectivity index (χ1) is 21.8. The van der Waals surface area contributed by atoms with E-state index in [1.54, 1.807) is 13.2 Å². The number of amides is 1. The van der Waals surface area contributed by atoms with Gasteiger partial charge in [-0.25, -0.2) is 4.63 Å². The van der Waals surface area contributed by atoms with Crippen molar-refractivity contribution in [3.63, 3.8) is 0 Å². The molecule has 6 rings (SSSR count). The zero-order valence-corrected chi connectivity index (χ0v) is 26.1. The first kappa shape index (κ1) is 29.8. The highest BCUT2D eigenvalue weighted by Crippen LogP contribution is 2.32. The maximum atomic E-state index is 12.9. The number of hydrogen-bond acceptors (Lipinski definition) is 8. The molecule has 0 radical (unpaired) electrons. The van der Waals surface area contributed by atoms with Crippen LogP contribution >= 0.6 is 15.9 Å². The number of halogens is 1. The molecule has 0 aliphatic heterocycles. The van der Waals surface area contributed by atoms with Crippen molar-refractivity contribution in [2.45, 2.75) is 26.3 Å². The van der Waals surface area contributed by atoms with Crippen LogP contribution in [-0.2, 0) is 24.2 Å². The second kappa shape index (κ2) is 12.8. The number of rotatable bonds is 11. The van der Waals surface area contributed by atoms with E-state index in [0.29, 0.717) is 18.7 Å². The second-order valence-corrected chi connectivity index (χ2v) is 11.5. The number of anilines is 2. The summed E-state index contributed by atoms with van der Waals surface area (Å²) < 4.78 is 13.6. The van der Waals surface area contributed by atoms with Crippen molar-refractivity contribution in [3.8, 4) is 5.75 Å². The molecule has 0 fully saturated rings. The summed E-state index contributed by atoms with van der Waals surface area (Å²) in [4.78, 5) is 23.6. The van der Waals surface area contributed by atoms with Gasteiger partial charge in [-0.1, -0.05) is 40.2 Å². The predicted molar refractivity (Wildman–Crippen MR) is 175 cm³/mol. The molecule has 12 heteroatoms. The Kier molecular flexibility index (Phi) is 8.47. The summed E-state index contributed by atoms with van der Waals surface area (Å²) in [5, 5.41) is 26.1. The van der Waals surface area contributed by atoms with Crippen LogP contribution in [0, 0.1) is 17.0 Å². The van der Waals surface area contributed by atoms with Crippen LogP contribution in [0.15, 0.2) is 88.0 Å². The summed E-state index contributed by atoms with van der Waals surface area (Å²) in [7, 11) is 1.66. The summed E-state index contributed by atoms with van der Waals surface area (Å²) >= 11 is 3.51. The Labute approximate surface area is 266 Å². The van der Waals surface area contributed by atoms with Gasteiger partial charge < -0.3 is 19.9 Å². The third-order valence-electron chi connectivity index (χ3n) is 7.80. The number of hydrogen-bond donors (Lipinski definition) is 2. The highest BCUT2D eigenvalue weighted by atomic mass is 79.9. The minimum atomic E-state index is -0.530. The lowest BCUT2D eigenvalue weighted by Gasteiger charge is -2.10. The van der Waals surface area contributed by atoms with Crippen LogP contribution in [0.2, 0.25) is 0 Å². The molecule has 1 amide bonds. The Morgan fingerprint density at radius 2 is 1.73 bits per heavy atom. The van der Waals surface area contributed by atoms with Crippen LogP contribution in [0.4, 0.5) is 17.1 Å². The molecule has 0 spiro atoms. The van der Waals surface area contributed by atoms with E-state index in [1.807, 2.05) is 42.5 Å². The van der Waals surface area contributed by atoms with Gasteiger partial charge in [0.1, 0.15) is 5.75 Å². The molecular weight excluding hydrogens is 640 g/mol. The Morgan fingerprint density at radius 1 is 1.00 bits per heavy atom. The molecule has 228 valence electrons. The van der Waals surface area contributed by atoms with E-state index < -0.39 is 4.92 Å². The highest BCUT2D eigenvalue weighted by molar-refractivity contribution is 9.10. The number of non-ortho nitro benzene ring substituents is 1. The molecule has 0 saturated heterocycles. The average molecular weight is 670 g/mol. The molecule has 0 saturated carbocycles. The number of nitro benzene ring substituents is 1. The third-order valence-corrected chi connectivity index (χ3v) is 8.33. The number of carbonyl (C=O) groups is 1. The standard InChI is InChI=1S/C33H29BrN6O5/c1-20-26(27-18-25(44-2)11-13-29(27)39(20)19-22-3-7-23(34)8-4-22)15-16-35-31(41)17-21-5-9-24(10-6-21)36-28-12-14-30(40(42)43)33-32(28)37-45-38-33/h3-14,18,36H,15-17,19H2,1-2H3,(H,35,41). The van der Waals surface area contributed by atoms with Crippen molar-refractivity contribution in [2.75, 3.05) is 19.0 Å². The number of carbonyl (C=O) groups excluding carboxylic acids is 1. The molecular formula is C33H29BrN6O5. The molecule has 11 nitrogen and oxygen atoms in total. The Morgan fingerprint density at radius 3 is 2.47 bits per heavy atom. The predicted octanol–water partition coefficient (Wildman–Crippen LogP) is 6.86. The molecule has 2 heterocycles. The topological polar surface area (TPSA) is 137 Å². The largest absolute Gasteiger partial charge is 0.497 e. The number of nitrogens with one attached hydrogen (secondary N) is 2. The summed E-state index contributed by atoms with van der Waals surface area (Å²) in [6.45, 7) is 3.36. The highest BCUT2D eigenvalue weighted by Gasteiger charge is 2.20. The van der Waals surface area contributed by atoms with Crippen LogP contribution in [0.3, 0.4) is 0 Å². The van der Waals surface area contributed by atoms with E-state index in [0.717, 1.165) is 44.6 Å². The number of fused-ring (bicyclic) bond motifs is 2. The Balaban J connectivity index is 1.10. The van der Waals surface area contributed by atoms with Crippen LogP contribution in [0.1, 0.15) is 22.4 Å². The lowest BCUT2D eigenvalue weighted by Crippen LogP contribution is -2.27. The van der Waals surface area contributed by atoms with E-state index in [-0.39, 0.29) is 29.0 Å². The average Bonchev–Trinajstić information content (AvgIpc) is 3.63. The molecule has 0 unspecified atom stereocenters. The zero-order chi connectivity index (χ0) is 31.5. The fraction of sp³-hybridized carbons (Fsp3) is 0.182. The number of nitrogens with zero attached hydrogens (tertiary/aromatic N) is 4. The Hall–Kier alpha value is -5.23. The maximum absolute atomic E-state index is 12.9. The van der Waals surface area contributed by atoms with Gasteiger partial charge in [-0.15, -0.1) is 0 Å². The fourth-order valence-electron chi connectivity index (χ4n) is 5.49. The van der Waals surface area contributed by atoms with Gasteiger partial charge in [-0.2, -0.15) is 0 Å². The monoisotopic (exact) mass is 668 g/mol. The van der Waals surface area contributed by atoms with Gasteiger partial charge >= 0.3 is 5.69 Å². The normalized spacial score (nSPS) is 11.2. The van der Waals surface area contributed by atoms with Gasteiger partial charge in [0, 0.05) is 45.9 Å². The van der Waals surface area contributed by atoms with Crippen molar-refractivity contribution in [1.82, 2.24) is 20.2 Å². The minimum absolute atomic E-state index is 0.0711. The van der Waals surface area contributed by atoms with Gasteiger partial charge in [0.2, 0.25) is 11.4 Å². The smallest absolute Gasteiger partial charge is 0.300 e. The maximum Gasteiger partial charge on any atom is 0.300 e. The number of methoxy groups -OCH3 is 1. The molecule has 2 aromatic heterocycles. The quantitative estimate of drug-likeness (QED) is 0.113. The zero-order valence-electron chi connectivity index (χ0n) is 24.5. The molecule has 0 aliphatic carbocycles. The second-order valence-electron chi connectivity index (χ2n) is 10.6. The number of aromatic nitrogens is 3. The lowest BCUT2D eigenvalue weighted by atomic mass is 10.1. The van der Waals surface area contributed by atoms with Crippen LogP contribution in [-0.4, -0.2) is 39.4 Å². The Bertz CT molecular complexity index is 2020. The van der Waals surface area contributed by atoms with E-state index in [1.165, 1.54) is 17.2 Å². The molecule has 0 bridgehead atoms. The van der Waals surface area contributed by atoms with E-state index >= 15 is 0 Å². The van der Waals surface area contributed by atoms with Crippen molar-refractivity contribution < 1.29 is 19.1 Å². The molecule has 2 N–H and O–H groups in total. The first-order valence-electron chi connectivity index (χ1n) is 14.2. The van der Waals surface area contributed by atoms with Crippen molar-refractivity contribution in [1.29, 1.82) is 0 Å². The summed E-state index contributed by atoms with van der Waals surface area (Å²) in [6, 6.07) is 24.8. The summed E-state index contributed by atoms with van der Waals surface area (Å²) in [5.74, 6) is 0.720. The molecule has 0 aliphatic rings. The third kappa shape index (κ3) is 6.36. The lowest BCUT2D eigenvalue weighted by molar-refractivity contribution is -0.383. The molecule has 45 heavy (non-hydrogen) atoms. The number of nitro groups is 1. The van der Waals surface area contributed by atoms with Crippen molar-refractivity contribution in [3.05, 3.63) is 116 Å². The number of ether oxygens (including phenoxy) is 1. The van der Waals surface area contributed by atoms with E-state index in [4.69, 9.17) is 9.37 Å². The van der Waals surface area contributed by atoms with E-state index in [2.05, 4.69) is 72.6 Å². The van der Waals surface area contributed by atoms with Crippen LogP contribution in [0.5, 0.6) is 5.75 Å². The molecule has 6 aromatic rings. The van der Waals surface area contributed by atoms with E-state index in [9.17, 15) is 14.9 Å². The van der Waals surface area contributed by atoms with Crippen LogP contribution < -0.4 is 15.4 Å². The van der Waals surface area contributed by atoms with Gasteiger partial charge in [0.25, 0.3) is 0 Å². The van der Waals surface area contributed by atoms with Gasteiger partial charge in [-0.3, -0.25) is 14.9 Å². The first-order valence-corrected chi connectivity index (χ1v) is 15.0. The fourth-order valence-corrected chi connectivity index (χ4v) is 5.75. The van der Waals surface area contributed by atoms with Gasteiger partial charge in [-0.05, 0) is 88.9 Å². The van der Waals surface area contributed by atoms with Crippen molar-refractivity contribution in [2.24, 2.45) is 0 Å². The van der Waals surface area contributed by atoms with Crippen molar-refractivity contribution >= 4 is 60.8 Å².